The van der Waals surface area contributed by atoms with Gasteiger partial charge < -0.3 is 10.2 Å². The molecule has 0 spiro atoms. The molecule has 3 aromatic carbocycles. The fourth-order valence-electron chi connectivity index (χ4n) is 3.68. The largest absolute Gasteiger partial charge is 0.350 e. The summed E-state index contributed by atoms with van der Waals surface area (Å²) in [5.41, 5.74) is 3.43. The molecule has 2 amide bonds. The number of halogens is 1. The normalized spacial score (nSPS) is 14.9. The highest BCUT2D eigenvalue weighted by Crippen LogP contribution is 2.35. The van der Waals surface area contributed by atoms with Crippen molar-refractivity contribution in [1.82, 2.24) is 10.2 Å². The summed E-state index contributed by atoms with van der Waals surface area (Å²) >= 11 is 6.09. The van der Waals surface area contributed by atoms with Crippen molar-refractivity contribution < 1.29 is 9.59 Å². The zero-order valence-corrected chi connectivity index (χ0v) is 16.8. The molecule has 1 aliphatic heterocycles. The number of nitrogens with one attached hydrogen (secondary N) is 1. The van der Waals surface area contributed by atoms with Gasteiger partial charge in [-0.2, -0.15) is 5.26 Å². The predicted molar refractivity (Wildman–Crippen MR) is 114 cm³/mol. The molecule has 30 heavy (non-hydrogen) atoms. The molecule has 5 nitrogen and oxygen atoms in total. The second-order valence-corrected chi connectivity index (χ2v) is 7.52. The minimum atomic E-state index is -0.730. The average Bonchev–Trinajstić information content (AvgIpc) is 3.04. The maximum absolute atomic E-state index is 13.2. The van der Waals surface area contributed by atoms with Gasteiger partial charge in [0.1, 0.15) is 6.04 Å². The molecule has 148 valence electrons. The first kappa shape index (κ1) is 19.7. The summed E-state index contributed by atoms with van der Waals surface area (Å²) in [4.78, 5) is 27.8. The van der Waals surface area contributed by atoms with Gasteiger partial charge in [-0.3, -0.25) is 9.59 Å². The number of rotatable bonds is 5. The first-order valence-corrected chi connectivity index (χ1v) is 9.85. The van der Waals surface area contributed by atoms with E-state index in [1.807, 2.05) is 30.3 Å². The smallest absolute Gasteiger partial charge is 0.255 e. The van der Waals surface area contributed by atoms with Crippen LogP contribution in [0.1, 0.15) is 38.7 Å². The predicted octanol–water partition coefficient (Wildman–Crippen LogP) is 4.23. The molecule has 1 N–H and O–H groups in total. The molecule has 0 bridgehead atoms. The van der Waals surface area contributed by atoms with Crippen LogP contribution in [0.15, 0.2) is 72.8 Å². The molecular formula is C24H18ClN3O2. The fraction of sp³-hybridized carbons (Fsp3) is 0.125. The monoisotopic (exact) mass is 415 g/mol. The quantitative estimate of drug-likeness (QED) is 0.677. The second kappa shape index (κ2) is 8.40. The van der Waals surface area contributed by atoms with E-state index < -0.39 is 6.04 Å². The van der Waals surface area contributed by atoms with Crippen molar-refractivity contribution in [2.45, 2.75) is 19.1 Å². The Hall–Kier alpha value is -3.62. The SMILES string of the molecule is N#Cc1cccc(CNC(=O)C2c3ccccc3C(=O)N2Cc2cccc(Cl)c2)c1. The Balaban J connectivity index is 1.59. The van der Waals surface area contributed by atoms with Gasteiger partial charge in [-0.25, -0.2) is 0 Å². The number of nitrogens with zero attached hydrogens (tertiary/aromatic N) is 2. The van der Waals surface area contributed by atoms with Gasteiger partial charge in [-0.15, -0.1) is 0 Å². The Bertz CT molecular complexity index is 1170. The van der Waals surface area contributed by atoms with E-state index in [4.69, 9.17) is 16.9 Å². The van der Waals surface area contributed by atoms with Crippen LogP contribution in [0.25, 0.3) is 0 Å². The summed E-state index contributed by atoms with van der Waals surface area (Å²) in [5, 5.41) is 12.5. The van der Waals surface area contributed by atoms with Gasteiger partial charge in [0.15, 0.2) is 0 Å². The summed E-state index contributed by atoms with van der Waals surface area (Å²) in [6.07, 6.45) is 0. The van der Waals surface area contributed by atoms with Crippen LogP contribution in [0.4, 0.5) is 0 Å². The van der Waals surface area contributed by atoms with Gasteiger partial charge in [0.05, 0.1) is 11.6 Å². The molecule has 0 radical (unpaired) electrons. The van der Waals surface area contributed by atoms with Crippen LogP contribution in [-0.2, 0) is 17.9 Å². The Morgan fingerprint density at radius 1 is 1.03 bits per heavy atom. The van der Waals surface area contributed by atoms with Crippen molar-refractivity contribution in [3.63, 3.8) is 0 Å². The van der Waals surface area contributed by atoms with Gasteiger partial charge >= 0.3 is 0 Å². The average molecular weight is 416 g/mol. The lowest BCUT2D eigenvalue weighted by Crippen LogP contribution is -2.38. The summed E-state index contributed by atoms with van der Waals surface area (Å²) in [5.74, 6) is -0.449. The van der Waals surface area contributed by atoms with Crippen molar-refractivity contribution >= 4 is 23.4 Å². The van der Waals surface area contributed by atoms with Crippen LogP contribution in [0, 0.1) is 11.3 Å². The molecule has 1 atom stereocenters. The highest BCUT2D eigenvalue weighted by Gasteiger charge is 2.40. The highest BCUT2D eigenvalue weighted by atomic mass is 35.5. The van der Waals surface area contributed by atoms with Gasteiger partial charge in [0.25, 0.3) is 5.91 Å². The molecule has 6 heteroatoms. The maximum atomic E-state index is 13.2. The Kier molecular flexibility index (Phi) is 5.51. The second-order valence-electron chi connectivity index (χ2n) is 7.08. The zero-order valence-electron chi connectivity index (χ0n) is 16.0. The molecule has 0 aromatic heterocycles. The number of hydrogen-bond acceptors (Lipinski definition) is 3. The molecule has 3 aromatic rings. The first-order chi connectivity index (χ1) is 14.6. The van der Waals surface area contributed by atoms with E-state index in [1.165, 1.54) is 0 Å². The summed E-state index contributed by atoms with van der Waals surface area (Å²) < 4.78 is 0. The minimum absolute atomic E-state index is 0.183. The van der Waals surface area contributed by atoms with Crippen LogP contribution in [0.5, 0.6) is 0 Å². The number of amides is 2. The van der Waals surface area contributed by atoms with E-state index in [-0.39, 0.29) is 24.9 Å². The molecule has 0 saturated carbocycles. The van der Waals surface area contributed by atoms with E-state index in [2.05, 4.69) is 11.4 Å². The lowest BCUT2D eigenvalue weighted by atomic mass is 10.0. The summed E-state index contributed by atoms with van der Waals surface area (Å²) in [6, 6.07) is 22.9. The van der Waals surface area contributed by atoms with Crippen LogP contribution in [0.2, 0.25) is 5.02 Å². The lowest BCUT2D eigenvalue weighted by Gasteiger charge is -2.25. The third-order valence-electron chi connectivity index (χ3n) is 5.07. The van der Waals surface area contributed by atoms with Crippen molar-refractivity contribution in [3.8, 4) is 6.07 Å². The van der Waals surface area contributed by atoms with Crippen molar-refractivity contribution in [1.29, 1.82) is 5.26 Å². The molecule has 1 unspecified atom stereocenters. The van der Waals surface area contributed by atoms with Crippen molar-refractivity contribution in [2.75, 3.05) is 0 Å². The fourth-order valence-corrected chi connectivity index (χ4v) is 3.90. The Morgan fingerprint density at radius 2 is 1.80 bits per heavy atom. The number of hydrogen-bond donors (Lipinski definition) is 1. The minimum Gasteiger partial charge on any atom is -0.350 e. The van der Waals surface area contributed by atoms with E-state index in [0.717, 1.165) is 11.1 Å². The van der Waals surface area contributed by atoms with E-state index >= 15 is 0 Å². The number of carbonyl (C=O) groups is 2. The first-order valence-electron chi connectivity index (χ1n) is 9.48. The van der Waals surface area contributed by atoms with Crippen LogP contribution >= 0.6 is 11.6 Å². The van der Waals surface area contributed by atoms with Gasteiger partial charge in [-0.1, -0.05) is 54.1 Å². The molecular weight excluding hydrogens is 398 g/mol. The van der Waals surface area contributed by atoms with E-state index in [0.29, 0.717) is 21.7 Å². The van der Waals surface area contributed by atoms with E-state index in [9.17, 15) is 9.59 Å². The summed E-state index contributed by atoms with van der Waals surface area (Å²) in [7, 11) is 0. The van der Waals surface area contributed by atoms with E-state index in [1.54, 1.807) is 47.4 Å². The number of carbonyl (C=O) groups excluding carboxylic acids is 2. The molecule has 0 fully saturated rings. The number of nitriles is 1. The lowest BCUT2D eigenvalue weighted by molar-refractivity contribution is -0.125. The van der Waals surface area contributed by atoms with Gasteiger partial charge in [0, 0.05) is 23.7 Å². The van der Waals surface area contributed by atoms with Crippen molar-refractivity contribution in [3.05, 3.63) is 106 Å². The third kappa shape index (κ3) is 3.91. The molecule has 1 heterocycles. The topological polar surface area (TPSA) is 73.2 Å². The van der Waals surface area contributed by atoms with Crippen molar-refractivity contribution in [2.24, 2.45) is 0 Å². The van der Waals surface area contributed by atoms with Gasteiger partial charge in [0.2, 0.25) is 5.91 Å². The molecule has 0 saturated heterocycles. The Labute approximate surface area is 179 Å². The van der Waals surface area contributed by atoms with Gasteiger partial charge in [-0.05, 0) is 47.0 Å². The molecule has 1 aliphatic rings. The van der Waals surface area contributed by atoms with Crippen LogP contribution < -0.4 is 5.32 Å². The number of fused-ring (bicyclic) bond motifs is 1. The zero-order chi connectivity index (χ0) is 21.1. The molecule has 4 rings (SSSR count). The van der Waals surface area contributed by atoms with Crippen LogP contribution in [0.3, 0.4) is 0 Å². The maximum Gasteiger partial charge on any atom is 0.255 e. The standard InChI is InChI=1S/C24H18ClN3O2/c25-19-8-4-7-18(12-19)15-28-22(20-9-1-2-10-21(20)24(28)30)23(29)27-14-17-6-3-5-16(11-17)13-26/h1-12,22H,14-15H2,(H,27,29). The number of benzene rings is 3. The third-order valence-corrected chi connectivity index (χ3v) is 5.31. The Morgan fingerprint density at radius 3 is 2.60 bits per heavy atom. The molecule has 0 aliphatic carbocycles. The summed E-state index contributed by atoms with van der Waals surface area (Å²) in [6.45, 7) is 0.544. The highest BCUT2D eigenvalue weighted by molar-refractivity contribution is 6.30. The van der Waals surface area contributed by atoms with Crippen LogP contribution in [-0.4, -0.2) is 16.7 Å².